The molecule has 3 heterocycles. The highest BCUT2D eigenvalue weighted by Gasteiger charge is 2.15. The number of halogens is 2. The van der Waals surface area contributed by atoms with Crippen molar-refractivity contribution in [3.8, 4) is 11.4 Å². The van der Waals surface area contributed by atoms with Gasteiger partial charge in [-0.25, -0.2) is 19.9 Å². The van der Waals surface area contributed by atoms with Gasteiger partial charge in [0.05, 0.1) is 21.1 Å². The lowest BCUT2D eigenvalue weighted by Crippen LogP contribution is -2.19. The van der Waals surface area contributed by atoms with Crippen LogP contribution in [-0.4, -0.2) is 37.9 Å². The maximum atomic E-state index is 11.8. The normalized spacial score (nSPS) is 10.8. The van der Waals surface area contributed by atoms with Crippen LogP contribution in [0, 0.1) is 0 Å². The number of benzene rings is 1. The predicted molar refractivity (Wildman–Crippen MR) is 108 cm³/mol. The van der Waals surface area contributed by atoms with Gasteiger partial charge in [-0.15, -0.1) is 0 Å². The molecule has 0 spiro atoms. The lowest BCUT2D eigenvalue weighted by Gasteiger charge is -2.06. The third-order valence-corrected chi connectivity index (χ3v) is 4.61. The fraction of sp³-hybridized carbons (Fsp3) is 0.0556. The van der Waals surface area contributed by atoms with E-state index in [1.165, 1.54) is 19.4 Å². The Balaban J connectivity index is 1.75. The summed E-state index contributed by atoms with van der Waals surface area (Å²) in [5.41, 5.74) is 2.16. The molecule has 0 saturated heterocycles. The van der Waals surface area contributed by atoms with Gasteiger partial charge in [0.2, 0.25) is 0 Å². The number of pyridine rings is 1. The first-order chi connectivity index (χ1) is 13.6. The van der Waals surface area contributed by atoms with Crippen molar-refractivity contribution in [2.45, 2.75) is 0 Å². The monoisotopic (exact) mass is 413 g/mol. The molecule has 0 radical (unpaired) electrons. The van der Waals surface area contributed by atoms with E-state index in [2.05, 4.69) is 35.6 Å². The van der Waals surface area contributed by atoms with E-state index in [1.54, 1.807) is 30.5 Å². The number of hydrogen-bond donors (Lipinski definition) is 3. The molecule has 10 heteroatoms. The Hall–Kier alpha value is -3.23. The molecule has 4 aromatic rings. The standard InChI is InChI=1S/C18H13Cl2N7O/c1-21-18(28)12-7-13(24-8-23-12)26-17-15-11(5-6-22-17)25-16(27-15)14-9(19)3-2-4-10(14)20/h2-8H,1H3,(H,21,28)(H,25,27)(H,22,23,24,26). The molecule has 0 aliphatic heterocycles. The second kappa shape index (κ2) is 7.41. The number of imidazole rings is 1. The van der Waals surface area contributed by atoms with E-state index in [0.29, 0.717) is 44.1 Å². The zero-order valence-electron chi connectivity index (χ0n) is 14.5. The highest BCUT2D eigenvalue weighted by Crippen LogP contribution is 2.34. The Bertz CT molecular complexity index is 1170. The summed E-state index contributed by atoms with van der Waals surface area (Å²) < 4.78 is 0. The number of carbonyl (C=O) groups excluding carboxylic acids is 1. The second-order valence-corrected chi connectivity index (χ2v) is 6.54. The molecule has 3 aromatic heterocycles. The van der Waals surface area contributed by atoms with E-state index >= 15 is 0 Å². The Morgan fingerprint density at radius 2 is 1.89 bits per heavy atom. The number of rotatable bonds is 4. The third kappa shape index (κ3) is 3.35. The van der Waals surface area contributed by atoms with Crippen LogP contribution >= 0.6 is 23.2 Å². The number of hydrogen-bond acceptors (Lipinski definition) is 6. The molecule has 140 valence electrons. The van der Waals surface area contributed by atoms with Crippen LogP contribution in [0.4, 0.5) is 11.6 Å². The van der Waals surface area contributed by atoms with Crippen molar-refractivity contribution in [3.05, 3.63) is 58.6 Å². The summed E-state index contributed by atoms with van der Waals surface area (Å²) >= 11 is 12.6. The first-order valence-electron chi connectivity index (χ1n) is 8.17. The molecule has 0 aliphatic carbocycles. The highest BCUT2D eigenvalue weighted by molar-refractivity contribution is 6.39. The SMILES string of the molecule is CNC(=O)c1cc(Nc2nccc3nc(-c4c(Cl)cccc4Cl)[nH]c23)ncn1. The first kappa shape index (κ1) is 18.1. The Morgan fingerprint density at radius 3 is 2.64 bits per heavy atom. The van der Waals surface area contributed by atoms with Gasteiger partial charge in [-0.05, 0) is 18.2 Å². The number of carbonyl (C=O) groups is 1. The quantitative estimate of drug-likeness (QED) is 0.469. The topological polar surface area (TPSA) is 108 Å². The fourth-order valence-electron chi connectivity index (χ4n) is 2.67. The van der Waals surface area contributed by atoms with Gasteiger partial charge in [-0.3, -0.25) is 4.79 Å². The molecule has 1 aromatic carbocycles. The van der Waals surface area contributed by atoms with Crippen LogP contribution < -0.4 is 10.6 Å². The maximum absolute atomic E-state index is 11.8. The lowest BCUT2D eigenvalue weighted by atomic mass is 10.2. The summed E-state index contributed by atoms with van der Waals surface area (Å²) in [6.07, 6.45) is 2.92. The van der Waals surface area contributed by atoms with E-state index in [1.807, 2.05) is 0 Å². The number of nitrogens with one attached hydrogen (secondary N) is 3. The summed E-state index contributed by atoms with van der Waals surface area (Å²) in [6.45, 7) is 0. The maximum Gasteiger partial charge on any atom is 0.269 e. The Morgan fingerprint density at radius 1 is 1.11 bits per heavy atom. The Kier molecular flexibility index (Phi) is 4.81. The van der Waals surface area contributed by atoms with E-state index in [0.717, 1.165) is 0 Å². The van der Waals surface area contributed by atoms with Gasteiger partial charge >= 0.3 is 0 Å². The molecular formula is C18H13Cl2N7O. The summed E-state index contributed by atoms with van der Waals surface area (Å²) in [5, 5.41) is 6.57. The molecule has 0 atom stereocenters. The van der Waals surface area contributed by atoms with E-state index in [9.17, 15) is 4.79 Å². The number of amides is 1. The number of H-pyrrole nitrogens is 1. The van der Waals surface area contributed by atoms with Crippen LogP contribution in [0.1, 0.15) is 10.5 Å². The minimum Gasteiger partial charge on any atom is -0.354 e. The van der Waals surface area contributed by atoms with Crippen LogP contribution in [0.15, 0.2) is 42.9 Å². The zero-order chi connectivity index (χ0) is 19.7. The molecule has 3 N–H and O–H groups in total. The molecule has 8 nitrogen and oxygen atoms in total. The van der Waals surface area contributed by atoms with Crippen molar-refractivity contribution in [1.29, 1.82) is 0 Å². The third-order valence-electron chi connectivity index (χ3n) is 3.98. The summed E-state index contributed by atoms with van der Waals surface area (Å²) in [7, 11) is 1.53. The number of anilines is 2. The van der Waals surface area contributed by atoms with Crippen LogP contribution in [-0.2, 0) is 0 Å². The molecule has 0 fully saturated rings. The Labute approximate surface area is 169 Å². The van der Waals surface area contributed by atoms with Crippen LogP contribution in [0.5, 0.6) is 0 Å². The van der Waals surface area contributed by atoms with Gasteiger partial charge in [0.1, 0.15) is 29.2 Å². The van der Waals surface area contributed by atoms with Crippen LogP contribution in [0.2, 0.25) is 10.0 Å². The van der Waals surface area contributed by atoms with Gasteiger partial charge in [-0.1, -0.05) is 29.3 Å². The number of nitrogens with zero attached hydrogens (tertiary/aromatic N) is 4. The molecule has 4 rings (SSSR count). The summed E-state index contributed by atoms with van der Waals surface area (Å²) in [5.74, 6) is 1.12. The number of aromatic amines is 1. The highest BCUT2D eigenvalue weighted by atomic mass is 35.5. The number of aromatic nitrogens is 5. The van der Waals surface area contributed by atoms with Crippen molar-refractivity contribution in [3.63, 3.8) is 0 Å². The fourth-order valence-corrected chi connectivity index (χ4v) is 3.25. The van der Waals surface area contributed by atoms with Gasteiger partial charge in [0.15, 0.2) is 5.82 Å². The molecule has 0 aliphatic rings. The van der Waals surface area contributed by atoms with Gasteiger partial charge < -0.3 is 15.6 Å². The molecule has 0 bridgehead atoms. The van der Waals surface area contributed by atoms with Crippen molar-refractivity contribution >= 4 is 51.8 Å². The minimum atomic E-state index is -0.311. The second-order valence-electron chi connectivity index (χ2n) is 5.73. The molecule has 1 amide bonds. The van der Waals surface area contributed by atoms with Gasteiger partial charge in [-0.2, -0.15) is 0 Å². The van der Waals surface area contributed by atoms with E-state index < -0.39 is 0 Å². The number of fused-ring (bicyclic) bond motifs is 1. The van der Waals surface area contributed by atoms with Gasteiger partial charge in [0.25, 0.3) is 5.91 Å². The zero-order valence-corrected chi connectivity index (χ0v) is 16.0. The summed E-state index contributed by atoms with van der Waals surface area (Å²) in [4.78, 5) is 32.0. The van der Waals surface area contributed by atoms with Crippen LogP contribution in [0.25, 0.3) is 22.4 Å². The average molecular weight is 414 g/mol. The molecule has 0 unspecified atom stereocenters. The predicted octanol–water partition coefficient (Wildman–Crippen LogP) is 3.82. The molecular weight excluding hydrogens is 401 g/mol. The lowest BCUT2D eigenvalue weighted by molar-refractivity contribution is 0.0958. The minimum absolute atomic E-state index is 0.236. The van der Waals surface area contributed by atoms with Crippen LogP contribution in [0.3, 0.4) is 0 Å². The molecule has 28 heavy (non-hydrogen) atoms. The first-order valence-corrected chi connectivity index (χ1v) is 8.92. The smallest absolute Gasteiger partial charge is 0.269 e. The molecule has 0 saturated carbocycles. The van der Waals surface area contributed by atoms with Crippen molar-refractivity contribution in [1.82, 2.24) is 30.2 Å². The summed E-state index contributed by atoms with van der Waals surface area (Å²) in [6, 6.07) is 8.55. The largest absolute Gasteiger partial charge is 0.354 e. The van der Waals surface area contributed by atoms with Crippen molar-refractivity contribution in [2.75, 3.05) is 12.4 Å². The average Bonchev–Trinajstić information content (AvgIpc) is 3.12. The van der Waals surface area contributed by atoms with E-state index in [-0.39, 0.29) is 11.6 Å². The van der Waals surface area contributed by atoms with Gasteiger partial charge in [0, 0.05) is 19.3 Å². The van der Waals surface area contributed by atoms with Crippen molar-refractivity contribution in [2.24, 2.45) is 0 Å². The van der Waals surface area contributed by atoms with E-state index in [4.69, 9.17) is 23.2 Å². The van der Waals surface area contributed by atoms with Crippen molar-refractivity contribution < 1.29 is 4.79 Å².